The molecule has 3 aromatic heterocycles. The van der Waals surface area contributed by atoms with Crippen LogP contribution < -0.4 is 20.3 Å². The van der Waals surface area contributed by atoms with Crippen LogP contribution in [0.25, 0.3) is 17.3 Å². The molecule has 13 heteroatoms. The minimum absolute atomic E-state index is 0.0468. The van der Waals surface area contributed by atoms with Crippen LogP contribution in [0.4, 0.5) is 36.3 Å². The van der Waals surface area contributed by atoms with Crippen molar-refractivity contribution in [3.05, 3.63) is 54.5 Å². The van der Waals surface area contributed by atoms with Crippen molar-refractivity contribution in [3.63, 3.8) is 0 Å². The fourth-order valence-corrected chi connectivity index (χ4v) is 4.36. The zero-order chi connectivity index (χ0) is 29.7. The number of carbonyl (C=O) groups is 1. The molecular weight excluding hydrogens is 537 g/mol. The third kappa shape index (κ3) is 7.42. The second-order valence-corrected chi connectivity index (χ2v) is 9.88. The molecular formula is C28H33F3N8O2. The molecule has 0 atom stereocenters. The molecule has 1 aliphatic rings. The highest BCUT2D eigenvalue weighted by Gasteiger charge is 2.30. The van der Waals surface area contributed by atoms with E-state index >= 15 is 0 Å². The summed E-state index contributed by atoms with van der Waals surface area (Å²) in [7, 11) is 7.48. The molecule has 0 radical (unpaired) electrons. The van der Waals surface area contributed by atoms with Gasteiger partial charge >= 0.3 is 6.18 Å². The minimum Gasteiger partial charge on any atom is -0.466 e. The number of allylic oxidation sites excluding steroid dienone is 1. The number of likely N-dealkylation sites (N-methyl/N-ethyl adjacent to an activating group) is 2. The van der Waals surface area contributed by atoms with Gasteiger partial charge in [-0.3, -0.25) is 4.79 Å². The number of ether oxygens (including phenoxy) is 1. The Labute approximate surface area is 236 Å². The van der Waals surface area contributed by atoms with E-state index in [-0.39, 0.29) is 29.0 Å². The van der Waals surface area contributed by atoms with E-state index in [0.717, 1.165) is 30.0 Å². The second-order valence-electron chi connectivity index (χ2n) is 9.88. The molecule has 218 valence electrons. The third-order valence-electron chi connectivity index (χ3n) is 6.39. The number of aromatic nitrogens is 4. The van der Waals surface area contributed by atoms with Gasteiger partial charge in [0.25, 0.3) is 0 Å². The summed E-state index contributed by atoms with van der Waals surface area (Å²) in [6, 6.07) is 3.21. The van der Waals surface area contributed by atoms with E-state index in [1.54, 1.807) is 24.2 Å². The molecule has 0 spiro atoms. The van der Waals surface area contributed by atoms with Gasteiger partial charge in [-0.15, -0.1) is 0 Å². The first-order valence-electron chi connectivity index (χ1n) is 12.9. The standard InChI is InChI=1S/C28H33F3N8O2/c1-6-24(40)33-21-15-22(26(41-17-28(29,30)31)36-25(21)38(4)14-13-37(2)3)35-27-32-12-11-20(34-27)19-16-39(5)23-10-8-7-9-18(19)23/h6-7,9,11-12,15-16H,1,8,10,13-14,17H2,2-5H3,(H,33,40)(H,32,34,35). The average molecular weight is 571 g/mol. The summed E-state index contributed by atoms with van der Waals surface area (Å²) in [5.74, 6) is -0.487. The lowest BCUT2D eigenvalue weighted by atomic mass is 10.0. The summed E-state index contributed by atoms with van der Waals surface area (Å²) in [4.78, 5) is 29.2. The summed E-state index contributed by atoms with van der Waals surface area (Å²) in [5, 5.41) is 5.63. The number of carbonyl (C=O) groups excluding carboxylic acids is 1. The van der Waals surface area contributed by atoms with Crippen LogP contribution >= 0.6 is 0 Å². The van der Waals surface area contributed by atoms with Crippen LogP contribution in [0.2, 0.25) is 0 Å². The number of fused-ring (bicyclic) bond motifs is 1. The van der Waals surface area contributed by atoms with Gasteiger partial charge in [-0.25, -0.2) is 9.97 Å². The molecule has 3 aromatic rings. The second kappa shape index (κ2) is 12.4. The zero-order valence-electron chi connectivity index (χ0n) is 23.4. The van der Waals surface area contributed by atoms with Crippen molar-refractivity contribution in [1.82, 2.24) is 24.4 Å². The average Bonchev–Trinajstić information content (AvgIpc) is 3.27. The van der Waals surface area contributed by atoms with E-state index in [0.29, 0.717) is 18.8 Å². The molecule has 2 N–H and O–H groups in total. The SMILES string of the molecule is C=CC(=O)Nc1cc(Nc2nccc(-c3cn(C)c4c3C=CCC4)n2)c(OCC(F)(F)F)nc1N(C)CCN(C)C. The van der Waals surface area contributed by atoms with Crippen LogP contribution in [0.1, 0.15) is 17.7 Å². The lowest BCUT2D eigenvalue weighted by Gasteiger charge is -2.25. The number of alkyl halides is 3. The molecule has 0 aromatic carbocycles. The third-order valence-corrected chi connectivity index (χ3v) is 6.39. The number of pyridine rings is 1. The van der Waals surface area contributed by atoms with Gasteiger partial charge < -0.3 is 29.7 Å². The van der Waals surface area contributed by atoms with Crippen molar-refractivity contribution in [2.75, 3.05) is 56.4 Å². The Balaban J connectivity index is 1.75. The fraction of sp³-hybridized carbons (Fsp3) is 0.357. The number of nitrogens with zero attached hydrogens (tertiary/aromatic N) is 6. The van der Waals surface area contributed by atoms with Gasteiger partial charge in [0, 0.05) is 56.4 Å². The van der Waals surface area contributed by atoms with Crippen molar-refractivity contribution in [1.29, 1.82) is 0 Å². The predicted octanol–water partition coefficient (Wildman–Crippen LogP) is 4.64. The maximum Gasteiger partial charge on any atom is 0.422 e. The summed E-state index contributed by atoms with van der Waals surface area (Å²) in [6.07, 6.45) is 6.10. The molecule has 3 heterocycles. The van der Waals surface area contributed by atoms with E-state index in [1.165, 1.54) is 11.8 Å². The maximum absolute atomic E-state index is 13.2. The number of hydrogen-bond donors (Lipinski definition) is 2. The van der Waals surface area contributed by atoms with Crippen LogP contribution in [-0.4, -0.2) is 77.3 Å². The summed E-state index contributed by atoms with van der Waals surface area (Å²) < 4.78 is 46.7. The van der Waals surface area contributed by atoms with E-state index in [2.05, 4.69) is 48.9 Å². The lowest BCUT2D eigenvalue weighted by Crippen LogP contribution is -2.30. The highest BCUT2D eigenvalue weighted by molar-refractivity contribution is 6.01. The van der Waals surface area contributed by atoms with E-state index in [4.69, 9.17) is 4.74 Å². The first kappa shape index (κ1) is 29.6. The monoisotopic (exact) mass is 570 g/mol. The Morgan fingerprint density at radius 2 is 2.00 bits per heavy atom. The number of aryl methyl sites for hydroxylation is 1. The molecule has 10 nitrogen and oxygen atoms in total. The molecule has 0 saturated heterocycles. The predicted molar refractivity (Wildman–Crippen MR) is 154 cm³/mol. The fourth-order valence-electron chi connectivity index (χ4n) is 4.36. The normalized spacial score (nSPS) is 12.7. The molecule has 1 amide bonds. The first-order valence-corrected chi connectivity index (χ1v) is 12.9. The number of hydrogen-bond acceptors (Lipinski definition) is 8. The maximum atomic E-state index is 13.2. The van der Waals surface area contributed by atoms with Gasteiger partial charge in [0.15, 0.2) is 12.4 Å². The van der Waals surface area contributed by atoms with E-state index in [1.807, 2.05) is 32.2 Å². The van der Waals surface area contributed by atoms with Gasteiger partial charge in [0.05, 0.1) is 11.4 Å². The van der Waals surface area contributed by atoms with Crippen LogP contribution in [0.5, 0.6) is 5.88 Å². The Bertz CT molecular complexity index is 1450. The molecule has 41 heavy (non-hydrogen) atoms. The number of nitrogens with one attached hydrogen (secondary N) is 2. The van der Waals surface area contributed by atoms with Gasteiger partial charge in [-0.2, -0.15) is 18.2 Å². The molecule has 0 fully saturated rings. The number of rotatable bonds is 11. The molecule has 4 rings (SSSR count). The van der Waals surface area contributed by atoms with Gasteiger partial charge in [0.2, 0.25) is 17.7 Å². The zero-order valence-corrected chi connectivity index (χ0v) is 23.4. The summed E-state index contributed by atoms with van der Waals surface area (Å²) >= 11 is 0. The quantitative estimate of drug-likeness (QED) is 0.322. The minimum atomic E-state index is -4.60. The van der Waals surface area contributed by atoms with Crippen LogP contribution in [-0.2, 0) is 18.3 Å². The van der Waals surface area contributed by atoms with E-state index in [9.17, 15) is 18.0 Å². The van der Waals surface area contributed by atoms with Crippen molar-refractivity contribution < 1.29 is 22.7 Å². The van der Waals surface area contributed by atoms with E-state index < -0.39 is 18.7 Å². The van der Waals surface area contributed by atoms with Crippen LogP contribution in [0.3, 0.4) is 0 Å². The molecule has 1 aliphatic carbocycles. The molecule has 0 bridgehead atoms. The van der Waals surface area contributed by atoms with Crippen LogP contribution in [0.15, 0.2) is 43.3 Å². The van der Waals surface area contributed by atoms with Crippen molar-refractivity contribution in [2.24, 2.45) is 7.05 Å². The Morgan fingerprint density at radius 1 is 1.22 bits per heavy atom. The van der Waals surface area contributed by atoms with Crippen molar-refractivity contribution in [2.45, 2.75) is 19.0 Å². The smallest absolute Gasteiger partial charge is 0.422 e. The topological polar surface area (TPSA) is 100 Å². The van der Waals surface area contributed by atoms with Crippen LogP contribution in [0, 0.1) is 0 Å². The molecule has 0 saturated carbocycles. The largest absolute Gasteiger partial charge is 0.466 e. The molecule has 0 unspecified atom stereocenters. The Kier molecular flexibility index (Phi) is 8.96. The summed E-state index contributed by atoms with van der Waals surface area (Å²) in [5.41, 5.74) is 4.10. The highest BCUT2D eigenvalue weighted by Crippen LogP contribution is 2.36. The number of anilines is 4. The first-order chi connectivity index (χ1) is 19.4. The van der Waals surface area contributed by atoms with Gasteiger partial charge in [0.1, 0.15) is 5.69 Å². The summed E-state index contributed by atoms with van der Waals surface area (Å²) in [6.45, 7) is 3.03. The van der Waals surface area contributed by atoms with Crippen molar-refractivity contribution in [3.8, 4) is 17.1 Å². The van der Waals surface area contributed by atoms with Gasteiger partial charge in [-0.05, 0) is 45.1 Å². The Morgan fingerprint density at radius 3 is 2.71 bits per heavy atom. The van der Waals surface area contributed by atoms with Crippen molar-refractivity contribution >= 4 is 35.1 Å². The van der Waals surface area contributed by atoms with Gasteiger partial charge in [-0.1, -0.05) is 18.7 Å². The Hall–Kier alpha value is -4.39. The number of amides is 1. The number of halogens is 3. The highest BCUT2D eigenvalue weighted by atomic mass is 19.4. The lowest BCUT2D eigenvalue weighted by molar-refractivity contribution is -0.153. The molecule has 0 aliphatic heterocycles.